The van der Waals surface area contributed by atoms with Crippen LogP contribution in [0.2, 0.25) is 5.02 Å². The molecule has 0 saturated heterocycles. The molecule has 1 aromatic carbocycles. The van der Waals surface area contributed by atoms with Crippen LogP contribution in [0.1, 0.15) is 21.6 Å². The summed E-state index contributed by atoms with van der Waals surface area (Å²) in [5.41, 5.74) is -0.233. The van der Waals surface area contributed by atoms with Crippen molar-refractivity contribution < 1.29 is 13.2 Å². The molecule has 0 fully saturated rings. The van der Waals surface area contributed by atoms with Crippen LogP contribution in [0, 0.1) is 6.92 Å². The highest BCUT2D eigenvalue weighted by Crippen LogP contribution is 2.32. The van der Waals surface area contributed by atoms with Crippen LogP contribution in [0.5, 0.6) is 0 Å². The van der Waals surface area contributed by atoms with Gasteiger partial charge in [-0.25, -0.2) is 13.1 Å². The number of H-pyrrole nitrogens is 2. The Morgan fingerprint density at radius 3 is 2.52 bits per heavy atom. The highest BCUT2D eigenvalue weighted by atomic mass is 35.5. The predicted molar refractivity (Wildman–Crippen MR) is 91.3 cm³/mol. The third-order valence-electron chi connectivity index (χ3n) is 3.65. The molecule has 0 aliphatic carbocycles. The Morgan fingerprint density at radius 1 is 1.28 bits per heavy atom. The molecule has 0 spiro atoms. The van der Waals surface area contributed by atoms with Gasteiger partial charge in [0.05, 0.1) is 9.92 Å². The van der Waals surface area contributed by atoms with E-state index in [9.17, 15) is 18.0 Å². The third-order valence-corrected chi connectivity index (χ3v) is 5.16. The van der Waals surface area contributed by atoms with Gasteiger partial charge in [-0.05, 0) is 25.1 Å². The van der Waals surface area contributed by atoms with Crippen molar-refractivity contribution >= 4 is 27.2 Å². The molecule has 3 rings (SSSR count). The molecule has 10 heteroatoms. The maximum Gasteiger partial charge on any atom is 0.275 e. The van der Waals surface area contributed by atoms with Crippen LogP contribution in [0.15, 0.2) is 40.3 Å². The first-order chi connectivity index (χ1) is 11.7. The third kappa shape index (κ3) is 2.92. The summed E-state index contributed by atoms with van der Waals surface area (Å²) in [5.74, 6) is -0.613. The zero-order chi connectivity index (χ0) is 18.4. The fourth-order valence-electron chi connectivity index (χ4n) is 2.49. The SMILES string of the molecule is Cc1[nH][nH]c(=O)c1C(=O)c1ccc(S(C)(=O)=O)c(-n2cccn2)c1Cl. The van der Waals surface area contributed by atoms with Gasteiger partial charge in [0.1, 0.15) is 11.3 Å². The normalized spacial score (nSPS) is 11.6. The number of aromatic amines is 2. The van der Waals surface area contributed by atoms with Gasteiger partial charge in [-0.2, -0.15) is 5.10 Å². The standard InChI is InChI=1S/C15H13ClN4O4S/c1-8-11(15(22)19-18-8)14(21)9-4-5-10(25(2,23)24)13(12(9)16)20-7-3-6-17-20/h3-7H,1-2H3,(H2,18,19,22). The molecule has 2 aromatic heterocycles. The smallest absolute Gasteiger partial charge is 0.275 e. The Balaban J connectivity index is 2.30. The number of nitrogens with zero attached hydrogens (tertiary/aromatic N) is 2. The Kier molecular flexibility index (Phi) is 4.13. The van der Waals surface area contributed by atoms with E-state index >= 15 is 0 Å². The van der Waals surface area contributed by atoms with Crippen molar-refractivity contribution in [3.63, 3.8) is 0 Å². The summed E-state index contributed by atoms with van der Waals surface area (Å²) in [6, 6.07) is 4.17. The molecule has 0 radical (unpaired) electrons. The molecule has 0 aliphatic heterocycles. The number of aryl methyl sites for hydroxylation is 1. The lowest BCUT2D eigenvalue weighted by molar-refractivity contribution is 0.103. The number of carbonyl (C=O) groups excluding carboxylic acids is 1. The van der Waals surface area contributed by atoms with E-state index in [1.165, 1.54) is 29.2 Å². The summed E-state index contributed by atoms with van der Waals surface area (Å²) in [6.45, 7) is 1.57. The summed E-state index contributed by atoms with van der Waals surface area (Å²) >= 11 is 6.36. The number of aromatic nitrogens is 4. The topological polar surface area (TPSA) is 118 Å². The van der Waals surface area contributed by atoms with E-state index < -0.39 is 21.2 Å². The van der Waals surface area contributed by atoms with E-state index in [1.54, 1.807) is 13.0 Å². The van der Waals surface area contributed by atoms with Gasteiger partial charge in [0, 0.05) is 29.9 Å². The molecule has 0 amide bonds. The van der Waals surface area contributed by atoms with Crippen molar-refractivity contribution in [2.75, 3.05) is 6.26 Å². The fraction of sp³-hybridized carbons (Fsp3) is 0.133. The van der Waals surface area contributed by atoms with E-state index in [0.29, 0.717) is 5.69 Å². The van der Waals surface area contributed by atoms with Crippen LogP contribution in [-0.4, -0.2) is 40.4 Å². The van der Waals surface area contributed by atoms with Crippen molar-refractivity contribution in [3.8, 4) is 5.69 Å². The molecule has 8 nitrogen and oxygen atoms in total. The number of nitrogens with one attached hydrogen (secondary N) is 2. The molecular weight excluding hydrogens is 368 g/mol. The largest absolute Gasteiger partial charge is 0.302 e. The zero-order valence-corrected chi connectivity index (χ0v) is 14.8. The lowest BCUT2D eigenvalue weighted by Crippen LogP contribution is -2.16. The molecular formula is C15H13ClN4O4S. The number of rotatable bonds is 4. The van der Waals surface area contributed by atoms with E-state index in [4.69, 9.17) is 11.6 Å². The quantitative estimate of drug-likeness (QED) is 0.665. The van der Waals surface area contributed by atoms with Crippen molar-refractivity contribution in [1.29, 1.82) is 0 Å². The molecule has 2 heterocycles. The number of hydrogen-bond donors (Lipinski definition) is 2. The zero-order valence-electron chi connectivity index (χ0n) is 13.2. The fourth-order valence-corrected chi connectivity index (χ4v) is 3.75. The second kappa shape index (κ2) is 6.01. The summed E-state index contributed by atoms with van der Waals surface area (Å²) in [7, 11) is -3.63. The molecule has 25 heavy (non-hydrogen) atoms. The van der Waals surface area contributed by atoms with Gasteiger partial charge >= 0.3 is 0 Å². The maximum absolute atomic E-state index is 12.7. The Morgan fingerprint density at radius 2 is 2.00 bits per heavy atom. The predicted octanol–water partition coefficient (Wildman–Crippen LogP) is 1.49. The second-order valence-electron chi connectivity index (χ2n) is 5.40. The summed E-state index contributed by atoms with van der Waals surface area (Å²) in [6.07, 6.45) is 4.00. The maximum atomic E-state index is 12.7. The van der Waals surface area contributed by atoms with Crippen molar-refractivity contribution in [1.82, 2.24) is 20.0 Å². The highest BCUT2D eigenvalue weighted by molar-refractivity contribution is 7.90. The van der Waals surface area contributed by atoms with Crippen LogP contribution in [-0.2, 0) is 9.84 Å². The molecule has 0 saturated carbocycles. The van der Waals surface area contributed by atoms with E-state index in [1.807, 2.05) is 0 Å². The second-order valence-corrected chi connectivity index (χ2v) is 7.77. The van der Waals surface area contributed by atoms with E-state index in [0.717, 1.165) is 6.26 Å². The van der Waals surface area contributed by atoms with Gasteiger partial charge in [0.2, 0.25) is 5.78 Å². The van der Waals surface area contributed by atoms with Crippen LogP contribution in [0.4, 0.5) is 0 Å². The van der Waals surface area contributed by atoms with Gasteiger partial charge in [0.15, 0.2) is 9.84 Å². The number of ketones is 1. The molecule has 0 bridgehead atoms. The molecule has 0 atom stereocenters. The summed E-state index contributed by atoms with van der Waals surface area (Å²) in [4.78, 5) is 24.5. The minimum atomic E-state index is -3.63. The van der Waals surface area contributed by atoms with Crippen LogP contribution in [0.25, 0.3) is 5.69 Å². The van der Waals surface area contributed by atoms with Gasteiger partial charge in [-0.15, -0.1) is 0 Å². The Labute approximate surface area is 147 Å². The molecule has 2 N–H and O–H groups in total. The number of benzene rings is 1. The average molecular weight is 381 g/mol. The average Bonchev–Trinajstić information content (AvgIpc) is 3.15. The molecule has 0 aliphatic rings. The number of sulfone groups is 1. The molecule has 3 aromatic rings. The Bertz CT molecular complexity index is 1130. The molecule has 0 unspecified atom stereocenters. The lowest BCUT2D eigenvalue weighted by Gasteiger charge is -2.13. The van der Waals surface area contributed by atoms with Crippen molar-refractivity contribution in [3.05, 3.63) is 62.8 Å². The first-order valence-electron chi connectivity index (χ1n) is 7.06. The van der Waals surface area contributed by atoms with E-state index in [-0.39, 0.29) is 26.7 Å². The van der Waals surface area contributed by atoms with Crippen molar-refractivity contribution in [2.24, 2.45) is 0 Å². The number of carbonyl (C=O) groups is 1. The van der Waals surface area contributed by atoms with Crippen molar-refractivity contribution in [2.45, 2.75) is 11.8 Å². The molecule has 130 valence electrons. The summed E-state index contributed by atoms with van der Waals surface area (Å²) < 4.78 is 25.4. The van der Waals surface area contributed by atoms with Gasteiger partial charge in [-0.1, -0.05) is 11.6 Å². The van der Waals surface area contributed by atoms with Gasteiger partial charge < -0.3 is 5.10 Å². The van der Waals surface area contributed by atoms with E-state index in [2.05, 4.69) is 15.3 Å². The Hall–Kier alpha value is -2.65. The van der Waals surface area contributed by atoms with Gasteiger partial charge in [-0.3, -0.25) is 14.7 Å². The van der Waals surface area contributed by atoms with Gasteiger partial charge in [0.25, 0.3) is 5.56 Å². The van der Waals surface area contributed by atoms with Crippen LogP contribution < -0.4 is 5.56 Å². The first kappa shape index (κ1) is 17.2. The minimum Gasteiger partial charge on any atom is -0.302 e. The number of halogens is 1. The van der Waals surface area contributed by atoms with Crippen LogP contribution >= 0.6 is 11.6 Å². The minimum absolute atomic E-state index is 0.00719. The lowest BCUT2D eigenvalue weighted by atomic mass is 10.0. The monoisotopic (exact) mass is 380 g/mol. The highest BCUT2D eigenvalue weighted by Gasteiger charge is 2.26. The van der Waals surface area contributed by atoms with Crippen LogP contribution in [0.3, 0.4) is 0 Å². The number of hydrogen-bond acceptors (Lipinski definition) is 5. The summed E-state index contributed by atoms with van der Waals surface area (Å²) in [5, 5.41) is 8.80. The first-order valence-corrected chi connectivity index (χ1v) is 9.33.